The first-order valence-electron chi connectivity index (χ1n) is 6.13. The summed E-state index contributed by atoms with van der Waals surface area (Å²) in [6.07, 6.45) is 5.09. The SMILES string of the molecule is CCCn1ccnc1C(NCC)c1ccsc1. The predicted molar refractivity (Wildman–Crippen MR) is 72.4 cm³/mol. The Balaban J connectivity index is 2.29. The van der Waals surface area contributed by atoms with Crippen molar-refractivity contribution in [2.24, 2.45) is 0 Å². The Morgan fingerprint density at radius 3 is 3.00 bits per heavy atom. The van der Waals surface area contributed by atoms with Gasteiger partial charge in [-0.1, -0.05) is 13.8 Å². The van der Waals surface area contributed by atoms with Crippen LogP contribution < -0.4 is 5.32 Å². The maximum Gasteiger partial charge on any atom is 0.130 e. The van der Waals surface area contributed by atoms with Gasteiger partial charge in [0.25, 0.3) is 0 Å². The zero-order chi connectivity index (χ0) is 12.1. The zero-order valence-corrected chi connectivity index (χ0v) is 11.2. The van der Waals surface area contributed by atoms with Crippen LogP contribution in [-0.4, -0.2) is 16.1 Å². The van der Waals surface area contributed by atoms with Crippen molar-refractivity contribution in [1.29, 1.82) is 0 Å². The summed E-state index contributed by atoms with van der Waals surface area (Å²) in [5.74, 6) is 1.12. The number of imidazole rings is 1. The third-order valence-electron chi connectivity index (χ3n) is 2.76. The van der Waals surface area contributed by atoms with Crippen LogP contribution in [0.2, 0.25) is 0 Å². The van der Waals surface area contributed by atoms with Gasteiger partial charge in [0, 0.05) is 18.9 Å². The number of rotatable bonds is 6. The Labute approximate surface area is 107 Å². The minimum atomic E-state index is 0.216. The summed E-state index contributed by atoms with van der Waals surface area (Å²) in [5, 5.41) is 7.82. The molecule has 2 rings (SSSR count). The van der Waals surface area contributed by atoms with E-state index >= 15 is 0 Å². The molecule has 0 radical (unpaired) electrons. The van der Waals surface area contributed by atoms with Crippen molar-refractivity contribution in [2.45, 2.75) is 32.9 Å². The lowest BCUT2D eigenvalue weighted by atomic mass is 10.1. The number of hydrogen-bond acceptors (Lipinski definition) is 3. The minimum Gasteiger partial charge on any atom is -0.333 e. The molecule has 0 saturated carbocycles. The highest BCUT2D eigenvalue weighted by molar-refractivity contribution is 7.08. The third kappa shape index (κ3) is 2.76. The molecule has 2 heterocycles. The van der Waals surface area contributed by atoms with Crippen molar-refractivity contribution in [3.8, 4) is 0 Å². The van der Waals surface area contributed by atoms with Crippen LogP contribution in [0.15, 0.2) is 29.2 Å². The lowest BCUT2D eigenvalue weighted by molar-refractivity contribution is 0.545. The van der Waals surface area contributed by atoms with Crippen molar-refractivity contribution in [2.75, 3.05) is 6.54 Å². The zero-order valence-electron chi connectivity index (χ0n) is 10.4. The average molecular weight is 249 g/mol. The molecule has 0 amide bonds. The van der Waals surface area contributed by atoms with Gasteiger partial charge in [0.05, 0.1) is 6.04 Å². The molecule has 3 nitrogen and oxygen atoms in total. The molecule has 4 heteroatoms. The molecule has 0 fully saturated rings. The van der Waals surface area contributed by atoms with Crippen LogP contribution in [0.1, 0.15) is 37.7 Å². The van der Waals surface area contributed by atoms with E-state index in [1.807, 2.05) is 6.20 Å². The van der Waals surface area contributed by atoms with Crippen LogP contribution in [0.4, 0.5) is 0 Å². The molecular formula is C13H19N3S. The number of nitrogens with zero attached hydrogens (tertiary/aromatic N) is 2. The van der Waals surface area contributed by atoms with Crippen molar-refractivity contribution < 1.29 is 0 Å². The molecule has 0 aromatic carbocycles. The van der Waals surface area contributed by atoms with Crippen LogP contribution >= 0.6 is 11.3 Å². The first kappa shape index (κ1) is 12.3. The second-order valence-corrected chi connectivity index (χ2v) is 4.81. The normalized spacial score (nSPS) is 12.8. The van der Waals surface area contributed by atoms with Gasteiger partial charge in [-0.3, -0.25) is 0 Å². The number of hydrogen-bond donors (Lipinski definition) is 1. The lowest BCUT2D eigenvalue weighted by Crippen LogP contribution is -2.25. The van der Waals surface area contributed by atoms with Crippen molar-refractivity contribution in [1.82, 2.24) is 14.9 Å². The average Bonchev–Trinajstić information content (AvgIpc) is 2.97. The van der Waals surface area contributed by atoms with Gasteiger partial charge in [0.1, 0.15) is 5.82 Å². The molecule has 2 aromatic rings. The molecule has 1 atom stereocenters. The fraction of sp³-hybridized carbons (Fsp3) is 0.462. The molecule has 0 bridgehead atoms. The van der Waals surface area contributed by atoms with E-state index < -0.39 is 0 Å². The Hall–Kier alpha value is -1.13. The molecular weight excluding hydrogens is 230 g/mol. The standard InChI is InChI=1S/C13H19N3S/c1-3-7-16-8-6-15-13(16)12(14-4-2)11-5-9-17-10-11/h5-6,8-10,12,14H,3-4,7H2,1-2H3. The first-order chi connectivity index (χ1) is 8.36. The molecule has 1 unspecified atom stereocenters. The highest BCUT2D eigenvalue weighted by Crippen LogP contribution is 2.23. The topological polar surface area (TPSA) is 29.9 Å². The summed E-state index contributed by atoms with van der Waals surface area (Å²) in [7, 11) is 0. The molecule has 92 valence electrons. The lowest BCUT2D eigenvalue weighted by Gasteiger charge is -2.18. The smallest absolute Gasteiger partial charge is 0.130 e. The number of aryl methyl sites for hydroxylation is 1. The van der Waals surface area contributed by atoms with E-state index in [1.54, 1.807) is 11.3 Å². The largest absolute Gasteiger partial charge is 0.333 e. The quantitative estimate of drug-likeness (QED) is 0.852. The van der Waals surface area contributed by atoms with Crippen molar-refractivity contribution >= 4 is 11.3 Å². The van der Waals surface area contributed by atoms with Crippen molar-refractivity contribution in [3.63, 3.8) is 0 Å². The summed E-state index contributed by atoms with van der Waals surface area (Å²) >= 11 is 1.73. The van der Waals surface area contributed by atoms with Gasteiger partial charge in [-0.15, -0.1) is 0 Å². The Kier molecular flexibility index (Phi) is 4.34. The second kappa shape index (κ2) is 5.98. The third-order valence-corrected chi connectivity index (χ3v) is 3.46. The molecule has 0 saturated heterocycles. The summed E-state index contributed by atoms with van der Waals surface area (Å²) < 4.78 is 2.24. The fourth-order valence-corrected chi connectivity index (χ4v) is 2.70. The van der Waals surface area contributed by atoms with Gasteiger partial charge >= 0.3 is 0 Å². The van der Waals surface area contributed by atoms with E-state index in [4.69, 9.17) is 0 Å². The van der Waals surface area contributed by atoms with Gasteiger partial charge in [0.15, 0.2) is 0 Å². The summed E-state index contributed by atoms with van der Waals surface area (Å²) in [5.41, 5.74) is 1.31. The number of nitrogens with one attached hydrogen (secondary N) is 1. The van der Waals surface area contributed by atoms with E-state index in [2.05, 4.69) is 51.7 Å². The molecule has 1 N–H and O–H groups in total. The predicted octanol–water partition coefficient (Wildman–Crippen LogP) is 3.05. The first-order valence-corrected chi connectivity index (χ1v) is 7.07. The van der Waals surface area contributed by atoms with Gasteiger partial charge < -0.3 is 9.88 Å². The van der Waals surface area contributed by atoms with Gasteiger partial charge in [-0.05, 0) is 35.4 Å². The molecule has 0 aliphatic rings. The number of aromatic nitrogens is 2. The van der Waals surface area contributed by atoms with E-state index in [1.165, 1.54) is 5.56 Å². The van der Waals surface area contributed by atoms with Crippen LogP contribution in [0.3, 0.4) is 0 Å². The van der Waals surface area contributed by atoms with Crippen molar-refractivity contribution in [3.05, 3.63) is 40.6 Å². The van der Waals surface area contributed by atoms with Gasteiger partial charge in [0.2, 0.25) is 0 Å². The van der Waals surface area contributed by atoms with Gasteiger partial charge in [-0.2, -0.15) is 11.3 Å². The second-order valence-electron chi connectivity index (χ2n) is 4.03. The van der Waals surface area contributed by atoms with Crippen LogP contribution in [0.25, 0.3) is 0 Å². The summed E-state index contributed by atoms with van der Waals surface area (Å²) in [6.45, 7) is 6.30. The monoisotopic (exact) mass is 249 g/mol. The highest BCUT2D eigenvalue weighted by Gasteiger charge is 2.18. The maximum atomic E-state index is 4.51. The Morgan fingerprint density at radius 2 is 2.35 bits per heavy atom. The Bertz CT molecular complexity index is 433. The van der Waals surface area contributed by atoms with Crippen LogP contribution in [0, 0.1) is 0 Å². The van der Waals surface area contributed by atoms with Crippen LogP contribution in [-0.2, 0) is 6.54 Å². The maximum absolute atomic E-state index is 4.51. The summed E-state index contributed by atoms with van der Waals surface area (Å²) in [4.78, 5) is 4.51. The fourth-order valence-electron chi connectivity index (χ4n) is 2.01. The molecule has 0 spiro atoms. The van der Waals surface area contributed by atoms with E-state index in [9.17, 15) is 0 Å². The van der Waals surface area contributed by atoms with E-state index in [0.717, 1.165) is 25.3 Å². The van der Waals surface area contributed by atoms with E-state index in [0.29, 0.717) is 0 Å². The van der Waals surface area contributed by atoms with Gasteiger partial charge in [-0.25, -0.2) is 4.98 Å². The van der Waals surface area contributed by atoms with E-state index in [-0.39, 0.29) is 6.04 Å². The molecule has 0 aliphatic carbocycles. The van der Waals surface area contributed by atoms with Crippen LogP contribution in [0.5, 0.6) is 0 Å². The highest BCUT2D eigenvalue weighted by atomic mass is 32.1. The molecule has 17 heavy (non-hydrogen) atoms. The minimum absolute atomic E-state index is 0.216. The molecule has 0 aliphatic heterocycles. The summed E-state index contributed by atoms with van der Waals surface area (Å²) in [6, 6.07) is 2.39. The molecule has 2 aromatic heterocycles. The number of thiophene rings is 1. The Morgan fingerprint density at radius 1 is 1.47 bits per heavy atom.